The van der Waals surface area contributed by atoms with E-state index in [1.807, 2.05) is 25.1 Å². The average molecular weight is 412 g/mol. The van der Waals surface area contributed by atoms with Crippen molar-refractivity contribution in [1.29, 1.82) is 0 Å². The van der Waals surface area contributed by atoms with Crippen LogP contribution < -0.4 is 59.1 Å². The molecule has 0 saturated heterocycles. The van der Waals surface area contributed by atoms with E-state index in [9.17, 15) is 13.0 Å². The molecule has 0 unspecified atom stereocenters. The van der Waals surface area contributed by atoms with Crippen molar-refractivity contribution in [2.24, 2.45) is 0 Å². The summed E-state index contributed by atoms with van der Waals surface area (Å²) in [5, 5.41) is 0. The van der Waals surface area contributed by atoms with Crippen LogP contribution in [-0.4, -0.2) is 26.3 Å². The zero-order valence-electron chi connectivity index (χ0n) is 14.9. The minimum Gasteiger partial charge on any atom is -0.784 e. The van der Waals surface area contributed by atoms with Crippen LogP contribution >= 0.6 is 0 Å². The molecule has 0 heterocycles. The average Bonchev–Trinajstić information content (AvgIpc) is 2.46. The van der Waals surface area contributed by atoms with Crippen molar-refractivity contribution in [2.75, 3.05) is 0 Å². The number of hydrogen-bond acceptors (Lipinski definition) is 6. The predicted molar refractivity (Wildman–Crippen MR) is 87.8 cm³/mol. The van der Waals surface area contributed by atoms with E-state index >= 15 is 0 Å². The van der Waals surface area contributed by atoms with Gasteiger partial charge in [-0.05, 0) is 24.1 Å². The number of aryl methyl sites for hydroxylation is 2. The summed E-state index contributed by atoms with van der Waals surface area (Å²) in [5.74, 6) is 0. The summed E-state index contributed by atoms with van der Waals surface area (Å²) in [6.07, 6.45) is 3.35. The summed E-state index contributed by atoms with van der Waals surface area (Å²) in [7, 11) is -4.48. The molecular weight excluding hydrogens is 398 g/mol. The van der Waals surface area contributed by atoms with Gasteiger partial charge < -0.3 is 13.7 Å². The van der Waals surface area contributed by atoms with Crippen LogP contribution in [0.1, 0.15) is 22.3 Å². The molecule has 6 nitrogen and oxygen atoms in total. The van der Waals surface area contributed by atoms with Crippen LogP contribution in [0.5, 0.6) is 0 Å². The van der Waals surface area contributed by atoms with E-state index < -0.39 is 21.5 Å². The van der Waals surface area contributed by atoms with Gasteiger partial charge in [0, 0.05) is 0 Å². The zero-order valence-corrected chi connectivity index (χ0v) is 20.5. The summed E-state index contributed by atoms with van der Waals surface area (Å²) in [5.41, 5.74) is 3.05. The van der Waals surface area contributed by atoms with Gasteiger partial charge in [0.05, 0.1) is 4.90 Å². The van der Waals surface area contributed by atoms with Gasteiger partial charge in [0.25, 0.3) is 0 Å². The Labute approximate surface area is 200 Å². The standard InChI is InChI=1S/C16H15O3S.2Na.H2O3S/c1-12-3-6-14(7-4-12)8-10-15-9-5-13(2)11-16(15)20(17,18)19;;;1-4(2)3/h3-6,8-11H,1-2H3,(H,17,18,19);;;(H2,1,2,3)/q-1;2*+1;/p-3. The van der Waals surface area contributed by atoms with Crippen LogP contribution in [0.15, 0.2) is 41.3 Å². The third kappa shape index (κ3) is 11.1. The maximum Gasteiger partial charge on any atom is 1.00 e. The normalized spacial score (nSPS) is 10.5. The van der Waals surface area contributed by atoms with Crippen molar-refractivity contribution in [3.63, 3.8) is 0 Å². The van der Waals surface area contributed by atoms with Crippen molar-refractivity contribution in [3.05, 3.63) is 64.7 Å². The second-order valence-electron chi connectivity index (χ2n) is 4.85. The van der Waals surface area contributed by atoms with Crippen LogP contribution in [0, 0.1) is 19.9 Å². The molecule has 0 atom stereocenters. The second-order valence-corrected chi connectivity index (χ2v) is 6.61. The SMILES string of the molecule is Cc1c[c-]c(C=Cc2ccc(C)cc2S(=O)(=O)[O-])cc1.O=S([O-])[O-].[Na+].[Na+]. The van der Waals surface area contributed by atoms with E-state index in [1.54, 1.807) is 31.2 Å². The van der Waals surface area contributed by atoms with Crippen LogP contribution in [0.3, 0.4) is 0 Å². The quantitative estimate of drug-likeness (QED) is 0.168. The Morgan fingerprint density at radius 2 is 1.54 bits per heavy atom. The molecule has 0 radical (unpaired) electrons. The maximum atomic E-state index is 11.3. The summed E-state index contributed by atoms with van der Waals surface area (Å²) in [4.78, 5) is -0.194. The molecule has 2 rings (SSSR count). The molecule has 0 aromatic heterocycles. The van der Waals surface area contributed by atoms with E-state index in [4.69, 9.17) is 13.3 Å². The topological polar surface area (TPSA) is 120 Å². The fraction of sp³-hybridized carbons (Fsp3) is 0.125. The third-order valence-corrected chi connectivity index (χ3v) is 3.77. The van der Waals surface area contributed by atoms with Gasteiger partial charge in [-0.1, -0.05) is 25.1 Å². The van der Waals surface area contributed by atoms with Crippen molar-refractivity contribution in [3.8, 4) is 0 Å². The molecular formula is C16H14Na2O6S2-2. The Bertz CT molecular complexity index is 846. The molecule has 26 heavy (non-hydrogen) atoms. The minimum atomic E-state index is -4.48. The van der Waals surface area contributed by atoms with Crippen molar-refractivity contribution < 1.29 is 85.4 Å². The summed E-state index contributed by atoms with van der Waals surface area (Å²) < 4.78 is 59.1. The Morgan fingerprint density at radius 1 is 1.00 bits per heavy atom. The first-order valence-electron chi connectivity index (χ1n) is 6.59. The van der Waals surface area contributed by atoms with Crippen LogP contribution in [-0.2, 0) is 21.5 Å². The Morgan fingerprint density at radius 3 is 2.00 bits per heavy atom. The maximum absolute atomic E-state index is 11.3. The molecule has 2 aromatic carbocycles. The van der Waals surface area contributed by atoms with Crippen molar-refractivity contribution in [1.82, 2.24) is 0 Å². The van der Waals surface area contributed by atoms with Gasteiger partial charge in [-0.15, -0.1) is 47.3 Å². The Balaban J connectivity index is 0. The molecule has 0 spiro atoms. The number of rotatable bonds is 3. The van der Waals surface area contributed by atoms with Gasteiger partial charge in [0.2, 0.25) is 0 Å². The van der Waals surface area contributed by atoms with Gasteiger partial charge in [-0.25, -0.2) is 8.42 Å². The van der Waals surface area contributed by atoms with Crippen molar-refractivity contribution in [2.45, 2.75) is 18.7 Å². The molecule has 130 valence electrons. The fourth-order valence-electron chi connectivity index (χ4n) is 1.79. The summed E-state index contributed by atoms with van der Waals surface area (Å²) >= 11 is -3.11. The Hall–Kier alpha value is 0.160. The van der Waals surface area contributed by atoms with Gasteiger partial charge in [0.15, 0.2) is 0 Å². The number of hydrogen-bond donors (Lipinski definition) is 0. The van der Waals surface area contributed by atoms with Crippen LogP contribution in [0.25, 0.3) is 12.2 Å². The molecule has 0 amide bonds. The third-order valence-electron chi connectivity index (χ3n) is 2.87. The van der Waals surface area contributed by atoms with E-state index in [2.05, 4.69) is 6.07 Å². The fourth-order valence-corrected chi connectivity index (χ4v) is 2.55. The van der Waals surface area contributed by atoms with Gasteiger partial charge >= 0.3 is 59.1 Å². The first-order chi connectivity index (χ1) is 11.1. The second kappa shape index (κ2) is 13.4. The van der Waals surface area contributed by atoms with E-state index in [0.717, 1.165) is 16.7 Å². The van der Waals surface area contributed by atoms with E-state index in [0.29, 0.717) is 5.56 Å². The largest absolute Gasteiger partial charge is 1.00 e. The molecule has 0 saturated carbocycles. The smallest absolute Gasteiger partial charge is 0.784 e. The zero-order chi connectivity index (χ0) is 18.3. The first kappa shape index (κ1) is 28.4. The molecule has 0 bridgehead atoms. The van der Waals surface area contributed by atoms with Crippen LogP contribution in [0.4, 0.5) is 0 Å². The molecule has 0 aliphatic heterocycles. The molecule has 0 N–H and O–H groups in total. The van der Waals surface area contributed by atoms with E-state index in [-0.39, 0.29) is 64.0 Å². The van der Waals surface area contributed by atoms with Gasteiger partial charge in [-0.3, -0.25) is 4.21 Å². The predicted octanol–water partition coefficient (Wildman–Crippen LogP) is -3.82. The number of benzene rings is 2. The monoisotopic (exact) mass is 412 g/mol. The minimum absolute atomic E-state index is 0. The summed E-state index contributed by atoms with van der Waals surface area (Å²) in [6, 6.07) is 13.5. The first-order valence-corrected chi connectivity index (χ1v) is 9.00. The molecule has 0 aliphatic carbocycles. The van der Waals surface area contributed by atoms with Crippen molar-refractivity contribution >= 4 is 33.6 Å². The van der Waals surface area contributed by atoms with E-state index in [1.165, 1.54) is 6.07 Å². The molecule has 0 fully saturated rings. The molecule has 10 heteroatoms. The molecule has 2 aromatic rings. The summed E-state index contributed by atoms with van der Waals surface area (Å²) in [6.45, 7) is 3.71. The molecule has 0 aliphatic rings. The Kier molecular flexibility index (Phi) is 14.6. The van der Waals surface area contributed by atoms with Gasteiger partial charge in [0.1, 0.15) is 10.1 Å². The van der Waals surface area contributed by atoms with Crippen LogP contribution in [0.2, 0.25) is 0 Å². The van der Waals surface area contributed by atoms with Gasteiger partial charge in [-0.2, -0.15) is 5.56 Å².